The van der Waals surface area contributed by atoms with E-state index < -0.39 is 5.79 Å². The Hall–Kier alpha value is -0.0500. The van der Waals surface area contributed by atoms with Crippen LogP contribution in [-0.4, -0.2) is 24.4 Å². The van der Waals surface area contributed by atoms with Crippen LogP contribution in [0.2, 0.25) is 0 Å². The number of allylic oxidation sites excluding steroid dienone is 1. The monoisotopic (exact) mass is 176 g/mol. The Morgan fingerprint density at radius 1 is 1.64 bits per heavy atom. The zero-order valence-electron chi connectivity index (χ0n) is 6.84. The molecule has 0 aliphatic carbocycles. The molecular formula is C8H13ClO2. The van der Waals surface area contributed by atoms with Gasteiger partial charge in [-0.05, 0) is 13.8 Å². The van der Waals surface area contributed by atoms with Crippen LogP contribution in [0.3, 0.4) is 0 Å². The predicted octanol–water partition coefficient (Wildman–Crippen LogP) is 1.93. The van der Waals surface area contributed by atoms with E-state index in [2.05, 4.69) is 0 Å². The molecule has 0 aromatic carbocycles. The summed E-state index contributed by atoms with van der Waals surface area (Å²) in [4.78, 5) is 0. The van der Waals surface area contributed by atoms with Crippen molar-refractivity contribution in [2.75, 3.05) is 12.5 Å². The van der Waals surface area contributed by atoms with Crippen LogP contribution in [0.25, 0.3) is 0 Å². The molecule has 2 nitrogen and oxygen atoms in total. The molecule has 0 aromatic heterocycles. The lowest BCUT2D eigenvalue weighted by atomic mass is 10.3. The van der Waals surface area contributed by atoms with E-state index in [-0.39, 0.29) is 6.10 Å². The van der Waals surface area contributed by atoms with E-state index in [9.17, 15) is 0 Å². The van der Waals surface area contributed by atoms with E-state index >= 15 is 0 Å². The van der Waals surface area contributed by atoms with Crippen molar-refractivity contribution in [3.8, 4) is 0 Å². The summed E-state index contributed by atoms with van der Waals surface area (Å²) in [5.74, 6) is 0.0988. The first-order valence-corrected chi connectivity index (χ1v) is 4.22. The van der Waals surface area contributed by atoms with Crippen molar-refractivity contribution in [1.82, 2.24) is 0 Å². The van der Waals surface area contributed by atoms with Gasteiger partial charge in [0.15, 0.2) is 5.79 Å². The van der Waals surface area contributed by atoms with Crippen molar-refractivity contribution < 1.29 is 9.47 Å². The van der Waals surface area contributed by atoms with E-state index in [0.717, 1.165) is 0 Å². The third-order valence-electron chi connectivity index (χ3n) is 1.47. The molecule has 1 heterocycles. The summed E-state index contributed by atoms with van der Waals surface area (Å²) in [5.41, 5.74) is 0. The van der Waals surface area contributed by atoms with Gasteiger partial charge in [0, 0.05) is 5.88 Å². The number of rotatable bonds is 2. The maximum atomic E-state index is 5.48. The van der Waals surface area contributed by atoms with Crippen molar-refractivity contribution >= 4 is 11.6 Å². The number of halogens is 1. The van der Waals surface area contributed by atoms with Gasteiger partial charge in [-0.15, -0.1) is 11.6 Å². The number of hydrogen-bond donors (Lipinski definition) is 0. The molecule has 1 aliphatic rings. The summed E-state index contributed by atoms with van der Waals surface area (Å²) in [6.07, 6.45) is 3.88. The Bertz CT molecular complexity index is 154. The van der Waals surface area contributed by atoms with Gasteiger partial charge >= 0.3 is 0 Å². The van der Waals surface area contributed by atoms with Crippen molar-refractivity contribution in [2.45, 2.75) is 25.7 Å². The summed E-state index contributed by atoms with van der Waals surface area (Å²) in [6.45, 7) is 4.43. The zero-order valence-corrected chi connectivity index (χ0v) is 7.60. The van der Waals surface area contributed by atoms with Crippen LogP contribution < -0.4 is 0 Å². The Balaban J connectivity index is 2.36. The first-order valence-electron chi connectivity index (χ1n) is 3.68. The Labute approximate surface area is 72.1 Å². The molecule has 1 rings (SSSR count). The third kappa shape index (κ3) is 2.81. The summed E-state index contributed by atoms with van der Waals surface area (Å²) in [7, 11) is 0. The van der Waals surface area contributed by atoms with Crippen LogP contribution >= 0.6 is 11.6 Å². The number of hydrogen-bond acceptors (Lipinski definition) is 2. The number of alkyl halides is 1. The molecule has 0 spiro atoms. The minimum absolute atomic E-state index is 0.0729. The molecule has 0 unspecified atom stereocenters. The molecule has 0 N–H and O–H groups in total. The highest BCUT2D eigenvalue weighted by atomic mass is 35.5. The normalized spacial score (nSPS) is 29.9. The molecule has 64 valence electrons. The minimum Gasteiger partial charge on any atom is -0.347 e. The molecule has 1 fully saturated rings. The van der Waals surface area contributed by atoms with Gasteiger partial charge in [0.05, 0.1) is 6.61 Å². The fraction of sp³-hybridized carbons (Fsp3) is 0.750. The fourth-order valence-electron chi connectivity index (χ4n) is 1.01. The third-order valence-corrected chi connectivity index (χ3v) is 1.65. The summed E-state index contributed by atoms with van der Waals surface area (Å²) < 4.78 is 10.8. The topological polar surface area (TPSA) is 18.5 Å². The van der Waals surface area contributed by atoms with Gasteiger partial charge < -0.3 is 9.47 Å². The zero-order chi connectivity index (χ0) is 8.32. The van der Waals surface area contributed by atoms with E-state index in [1.807, 2.05) is 26.0 Å². The van der Waals surface area contributed by atoms with Crippen molar-refractivity contribution in [1.29, 1.82) is 0 Å². The van der Waals surface area contributed by atoms with Crippen LogP contribution in [-0.2, 0) is 9.47 Å². The molecule has 0 bridgehead atoms. The second-order valence-electron chi connectivity index (χ2n) is 2.95. The molecule has 0 aromatic rings. The lowest BCUT2D eigenvalue weighted by Gasteiger charge is -2.15. The molecule has 0 radical (unpaired) electrons. The van der Waals surface area contributed by atoms with Gasteiger partial charge in [-0.2, -0.15) is 0 Å². The summed E-state index contributed by atoms with van der Waals surface area (Å²) >= 11 is 5.47. The van der Waals surface area contributed by atoms with Gasteiger partial charge in [0.2, 0.25) is 0 Å². The number of ether oxygens (including phenoxy) is 2. The molecule has 0 amide bonds. The lowest BCUT2D eigenvalue weighted by Crippen LogP contribution is -2.20. The molecule has 1 saturated heterocycles. The van der Waals surface area contributed by atoms with Crippen molar-refractivity contribution in [3.63, 3.8) is 0 Å². The fourth-order valence-corrected chi connectivity index (χ4v) is 1.12. The molecule has 1 aliphatic heterocycles. The first kappa shape index (κ1) is 9.04. The van der Waals surface area contributed by atoms with Crippen molar-refractivity contribution in [2.24, 2.45) is 0 Å². The molecule has 0 saturated carbocycles. The van der Waals surface area contributed by atoms with E-state index in [0.29, 0.717) is 12.5 Å². The van der Waals surface area contributed by atoms with Gasteiger partial charge in [0.1, 0.15) is 6.10 Å². The lowest BCUT2D eigenvalue weighted by molar-refractivity contribution is -0.133. The molecule has 11 heavy (non-hydrogen) atoms. The van der Waals surface area contributed by atoms with E-state index in [1.54, 1.807) is 0 Å². The second-order valence-corrected chi connectivity index (χ2v) is 3.26. The molecular weight excluding hydrogens is 164 g/mol. The molecule has 3 heteroatoms. The standard InChI is InChI=1S/C8H13ClO2/c1-8(2)10-6-7(11-8)4-3-5-9/h3-4,7H,5-6H2,1-2H3/t7-/m0/s1. The van der Waals surface area contributed by atoms with Gasteiger partial charge in [0.25, 0.3) is 0 Å². The van der Waals surface area contributed by atoms with Crippen LogP contribution in [0.1, 0.15) is 13.8 Å². The van der Waals surface area contributed by atoms with Crippen LogP contribution in [0, 0.1) is 0 Å². The maximum Gasteiger partial charge on any atom is 0.163 e. The second kappa shape index (κ2) is 3.57. The van der Waals surface area contributed by atoms with Crippen molar-refractivity contribution in [3.05, 3.63) is 12.2 Å². The van der Waals surface area contributed by atoms with E-state index in [1.165, 1.54) is 0 Å². The van der Waals surface area contributed by atoms with Crippen LogP contribution in [0.4, 0.5) is 0 Å². The largest absolute Gasteiger partial charge is 0.347 e. The van der Waals surface area contributed by atoms with E-state index in [4.69, 9.17) is 21.1 Å². The minimum atomic E-state index is -0.429. The van der Waals surface area contributed by atoms with Gasteiger partial charge in [-0.25, -0.2) is 0 Å². The summed E-state index contributed by atoms with van der Waals surface area (Å²) in [6, 6.07) is 0. The SMILES string of the molecule is CC1(C)OC[C@H](C=CCCl)O1. The smallest absolute Gasteiger partial charge is 0.163 e. The Kier molecular flexibility index (Phi) is 2.93. The molecule has 1 atom stereocenters. The predicted molar refractivity (Wildman–Crippen MR) is 44.8 cm³/mol. The highest BCUT2D eigenvalue weighted by Gasteiger charge is 2.30. The highest BCUT2D eigenvalue weighted by Crippen LogP contribution is 2.22. The van der Waals surface area contributed by atoms with Gasteiger partial charge in [-0.1, -0.05) is 12.2 Å². The van der Waals surface area contributed by atoms with Gasteiger partial charge in [-0.3, -0.25) is 0 Å². The van der Waals surface area contributed by atoms with Crippen LogP contribution in [0.15, 0.2) is 12.2 Å². The Morgan fingerprint density at radius 3 is 2.82 bits per heavy atom. The quantitative estimate of drug-likeness (QED) is 0.473. The van der Waals surface area contributed by atoms with Crippen LogP contribution in [0.5, 0.6) is 0 Å². The highest BCUT2D eigenvalue weighted by molar-refractivity contribution is 6.18. The first-order chi connectivity index (χ1) is 5.14. The Morgan fingerprint density at radius 2 is 2.36 bits per heavy atom. The average Bonchev–Trinajstić information content (AvgIpc) is 2.26. The maximum absolute atomic E-state index is 5.48. The summed E-state index contributed by atoms with van der Waals surface area (Å²) in [5, 5.41) is 0. The average molecular weight is 177 g/mol.